The maximum atomic E-state index is 12.6. The lowest BCUT2D eigenvalue weighted by Crippen LogP contribution is -2.52. The maximum absolute atomic E-state index is 12.6. The Balaban J connectivity index is 1.72. The highest BCUT2D eigenvalue weighted by molar-refractivity contribution is 6.87. The Morgan fingerprint density at radius 3 is 1.73 bits per heavy atom. The van der Waals surface area contributed by atoms with Crippen LogP contribution in [0.25, 0.3) is 0 Å². The molecule has 244 valence electrons. The Morgan fingerprint density at radius 2 is 1.24 bits per heavy atom. The van der Waals surface area contributed by atoms with Crippen LogP contribution in [0.3, 0.4) is 0 Å². The molecule has 0 aromatic heterocycles. The number of hydrogen-bond acceptors (Lipinski definition) is 8. The summed E-state index contributed by atoms with van der Waals surface area (Å²) in [5, 5.41) is 8.80. The Bertz CT molecular complexity index is 1410. The van der Waals surface area contributed by atoms with Gasteiger partial charge in [0.1, 0.15) is 17.3 Å². The first-order chi connectivity index (χ1) is 21.0. The fourth-order valence-corrected chi connectivity index (χ4v) is 19.9. The number of isocyanates is 1. The van der Waals surface area contributed by atoms with Crippen molar-refractivity contribution >= 4 is 48.5 Å². The number of rotatable bonds is 20. The molecular formula is C34H50N2O6Si3. The van der Waals surface area contributed by atoms with Crippen molar-refractivity contribution < 1.29 is 27.4 Å². The lowest BCUT2D eigenvalue weighted by atomic mass is 10.0. The molecule has 0 atom stereocenters. The first kappa shape index (κ1) is 38.2. The number of carbonyl (C=O) groups is 2. The van der Waals surface area contributed by atoms with Gasteiger partial charge in [-0.25, -0.2) is 4.79 Å². The molecule has 0 saturated carbocycles. The van der Waals surface area contributed by atoms with Crippen molar-refractivity contribution in [1.29, 1.82) is 5.26 Å². The second kappa shape index (κ2) is 17.6. The van der Waals surface area contributed by atoms with Gasteiger partial charge < -0.3 is 13.0 Å². The van der Waals surface area contributed by atoms with Crippen LogP contribution in [-0.2, 0) is 35.5 Å². The summed E-state index contributed by atoms with van der Waals surface area (Å²) < 4.78 is 18.5. The topological polar surface area (TPSA) is 115 Å². The Kier molecular flexibility index (Phi) is 15.0. The van der Waals surface area contributed by atoms with Crippen molar-refractivity contribution in [2.24, 2.45) is 4.99 Å². The van der Waals surface area contributed by atoms with Gasteiger partial charge in [-0.3, -0.25) is 9.59 Å². The molecule has 2 aromatic rings. The molecule has 0 aliphatic heterocycles. The summed E-state index contributed by atoms with van der Waals surface area (Å²) in [4.78, 5) is 39.5. The highest BCUT2D eigenvalue weighted by Crippen LogP contribution is 2.28. The quantitative estimate of drug-likeness (QED) is 0.0457. The molecule has 45 heavy (non-hydrogen) atoms. The van der Waals surface area contributed by atoms with Crippen molar-refractivity contribution in [3.05, 3.63) is 58.7 Å². The second-order valence-corrected chi connectivity index (χ2v) is 26.1. The van der Waals surface area contributed by atoms with E-state index in [0.717, 1.165) is 60.0 Å². The number of nitrogens with zero attached hydrogens (tertiary/aromatic N) is 2. The predicted molar refractivity (Wildman–Crippen MR) is 186 cm³/mol. The molecule has 0 aliphatic carbocycles. The van der Waals surface area contributed by atoms with E-state index in [9.17, 15) is 14.4 Å². The van der Waals surface area contributed by atoms with Gasteiger partial charge in [0, 0.05) is 25.7 Å². The lowest BCUT2D eigenvalue weighted by molar-refractivity contribution is -0.119. The highest BCUT2D eigenvalue weighted by Gasteiger charge is 2.39. The van der Waals surface area contributed by atoms with Crippen LogP contribution in [-0.4, -0.2) is 42.8 Å². The van der Waals surface area contributed by atoms with E-state index in [1.807, 2.05) is 38.1 Å². The second-order valence-electron chi connectivity index (χ2n) is 13.6. The zero-order chi connectivity index (χ0) is 33.7. The van der Waals surface area contributed by atoms with Crippen LogP contribution in [0.5, 0.6) is 5.75 Å². The van der Waals surface area contributed by atoms with Gasteiger partial charge in [0.25, 0.3) is 6.26 Å². The van der Waals surface area contributed by atoms with Crippen LogP contribution >= 0.6 is 0 Å². The molecule has 0 amide bonds. The van der Waals surface area contributed by atoms with Crippen LogP contribution in [0.15, 0.2) is 41.4 Å². The van der Waals surface area contributed by atoms with Gasteiger partial charge in [0.2, 0.25) is 6.08 Å². The Labute approximate surface area is 272 Å². The van der Waals surface area contributed by atoms with E-state index in [-0.39, 0.29) is 11.6 Å². The molecule has 0 spiro atoms. The molecular weight excluding hydrogens is 617 g/mol. The summed E-state index contributed by atoms with van der Waals surface area (Å²) in [6.45, 7) is 17.0. The average Bonchev–Trinajstić information content (AvgIpc) is 2.92. The summed E-state index contributed by atoms with van der Waals surface area (Å²) in [5.41, 5.74) is 4.04. The standard InChI is InChI=1S/C34H50N2O6Si3/c1-27-15-17-29(23-33(27)36-26-37)21-31(38)13-9-11-19-43(3,4)41-45(7,8)42-44(5,6)20-12-10-14-32(39)22-30-18-16-28(2)34(24-30)40-25-35/h15-18,23-24H,9-14,19-22H2,1-8H3. The molecule has 0 unspecified atom stereocenters. The third-order valence-corrected chi connectivity index (χ3v) is 19.1. The summed E-state index contributed by atoms with van der Waals surface area (Å²) in [5.74, 6) is 0.866. The molecule has 2 rings (SSSR count). The Hall–Kier alpha value is -2.98. The van der Waals surface area contributed by atoms with E-state index in [1.165, 1.54) is 0 Å². The van der Waals surface area contributed by atoms with Crippen molar-refractivity contribution in [1.82, 2.24) is 0 Å². The number of ketones is 2. The van der Waals surface area contributed by atoms with Crippen LogP contribution < -0.4 is 4.74 Å². The molecule has 0 N–H and O–H groups in total. The summed E-state index contributed by atoms with van der Waals surface area (Å²) in [7, 11) is -6.32. The van der Waals surface area contributed by atoms with E-state index in [4.69, 9.17) is 18.2 Å². The number of benzene rings is 2. The number of carbonyl (C=O) groups excluding carboxylic acids is 3. The molecule has 0 aliphatic rings. The van der Waals surface area contributed by atoms with Crippen molar-refractivity contribution in [2.75, 3.05) is 0 Å². The zero-order valence-electron chi connectivity index (χ0n) is 28.4. The number of aryl methyl sites for hydroxylation is 2. The van der Waals surface area contributed by atoms with E-state index < -0.39 is 25.2 Å². The number of Topliss-reactive ketones (excluding diaryl/α,β-unsaturated/α-hetero) is 2. The van der Waals surface area contributed by atoms with Gasteiger partial charge in [0.05, 0.1) is 5.69 Å². The molecule has 8 nitrogen and oxygen atoms in total. The molecule has 11 heteroatoms. The van der Waals surface area contributed by atoms with E-state index in [1.54, 1.807) is 24.5 Å². The molecule has 0 saturated heterocycles. The average molecular weight is 667 g/mol. The number of nitriles is 1. The number of unbranched alkanes of at least 4 members (excludes halogenated alkanes) is 2. The highest BCUT2D eigenvalue weighted by atomic mass is 28.5. The van der Waals surface area contributed by atoms with E-state index >= 15 is 0 Å². The minimum Gasteiger partial charge on any atom is -0.437 e. The van der Waals surface area contributed by atoms with Crippen LogP contribution in [0, 0.1) is 25.4 Å². The normalized spacial score (nSPS) is 11.9. The molecule has 0 bridgehead atoms. The first-order valence-electron chi connectivity index (χ1n) is 15.8. The predicted octanol–water partition coefficient (Wildman–Crippen LogP) is 8.54. The minimum absolute atomic E-state index is 0.183. The van der Waals surface area contributed by atoms with Crippen LogP contribution in [0.4, 0.5) is 5.69 Å². The van der Waals surface area contributed by atoms with Crippen molar-refractivity contribution in [2.45, 2.75) is 117 Å². The van der Waals surface area contributed by atoms with Gasteiger partial charge >= 0.3 is 8.56 Å². The number of hydrogen-bond donors (Lipinski definition) is 0. The van der Waals surface area contributed by atoms with Gasteiger partial charge in [0.15, 0.2) is 16.6 Å². The van der Waals surface area contributed by atoms with Gasteiger partial charge in [-0.15, -0.1) is 5.26 Å². The summed E-state index contributed by atoms with van der Waals surface area (Å²) >= 11 is 0. The summed E-state index contributed by atoms with van der Waals surface area (Å²) in [6, 6.07) is 13.1. The van der Waals surface area contributed by atoms with Crippen molar-refractivity contribution in [3.63, 3.8) is 0 Å². The van der Waals surface area contributed by atoms with Gasteiger partial charge in [-0.05, 0) is 112 Å². The lowest BCUT2D eigenvalue weighted by Gasteiger charge is -2.38. The number of aliphatic imine (C=N–C) groups is 1. The maximum Gasteiger partial charge on any atom is 0.311 e. The monoisotopic (exact) mass is 666 g/mol. The fraction of sp³-hybridized carbons (Fsp3) is 0.529. The molecule has 2 aromatic carbocycles. The third kappa shape index (κ3) is 14.8. The molecule has 0 heterocycles. The van der Waals surface area contributed by atoms with Gasteiger partial charge in [-0.2, -0.15) is 4.99 Å². The molecule has 0 radical (unpaired) electrons. The minimum atomic E-state index is -2.36. The fourth-order valence-electron chi connectivity index (χ4n) is 5.68. The van der Waals surface area contributed by atoms with E-state index in [0.29, 0.717) is 37.1 Å². The van der Waals surface area contributed by atoms with Crippen molar-refractivity contribution in [3.8, 4) is 12.0 Å². The number of ether oxygens (including phenoxy) is 1. The first-order valence-corrected chi connectivity index (χ1v) is 24.9. The third-order valence-electron chi connectivity index (χ3n) is 7.66. The zero-order valence-corrected chi connectivity index (χ0v) is 31.4. The summed E-state index contributed by atoms with van der Waals surface area (Å²) in [6.07, 6.45) is 8.52. The van der Waals surface area contributed by atoms with Gasteiger partial charge in [-0.1, -0.05) is 37.1 Å². The van der Waals surface area contributed by atoms with Crippen LogP contribution in [0.2, 0.25) is 51.4 Å². The molecule has 0 fully saturated rings. The largest absolute Gasteiger partial charge is 0.437 e. The SMILES string of the molecule is Cc1ccc(CC(=O)CCCC[Si](C)(C)O[Si](C)(C)O[Si](C)(C)CCCCC(=O)Cc2ccc(C)c(OC#N)c2)cc1N=C=O. The van der Waals surface area contributed by atoms with E-state index in [2.05, 4.69) is 44.3 Å². The van der Waals surface area contributed by atoms with Crippen LogP contribution in [0.1, 0.15) is 60.8 Å². The smallest absolute Gasteiger partial charge is 0.311 e. The Morgan fingerprint density at radius 1 is 0.756 bits per heavy atom.